The number of fused-ring (bicyclic) bond motifs is 1. The van der Waals surface area contributed by atoms with Gasteiger partial charge in [0.2, 0.25) is 5.91 Å². The molecule has 3 rings (SSSR count). The Morgan fingerprint density at radius 3 is 2.95 bits per heavy atom. The van der Waals surface area contributed by atoms with E-state index in [4.69, 9.17) is 5.11 Å². The lowest BCUT2D eigenvalue weighted by molar-refractivity contribution is -0.140. The molecule has 7 heteroatoms. The molecule has 1 saturated heterocycles. The molecule has 2 amide bonds. The number of carboxylic acid groups (broad SMARTS) is 1. The third kappa shape index (κ3) is 2.14. The van der Waals surface area contributed by atoms with Gasteiger partial charge in [0.1, 0.15) is 6.04 Å². The van der Waals surface area contributed by atoms with E-state index >= 15 is 0 Å². The van der Waals surface area contributed by atoms with Crippen molar-refractivity contribution < 1.29 is 19.5 Å². The molecule has 0 saturated carbocycles. The number of nitrogens with one attached hydrogen (secondary N) is 1. The second kappa shape index (κ2) is 4.82. The number of amides is 2. The van der Waals surface area contributed by atoms with Crippen LogP contribution in [-0.2, 0) is 16.0 Å². The minimum absolute atomic E-state index is 0.0928. The van der Waals surface area contributed by atoms with Crippen molar-refractivity contribution in [2.24, 2.45) is 0 Å². The fourth-order valence-corrected chi connectivity index (χ4v) is 3.51. The van der Waals surface area contributed by atoms with Crippen LogP contribution in [0, 0.1) is 0 Å². The lowest BCUT2D eigenvalue weighted by Gasteiger charge is -2.20. The van der Waals surface area contributed by atoms with Gasteiger partial charge in [0.15, 0.2) is 0 Å². The van der Waals surface area contributed by atoms with Crippen molar-refractivity contribution in [1.82, 2.24) is 4.90 Å². The Morgan fingerprint density at radius 1 is 1.40 bits per heavy atom. The number of rotatable bonds is 2. The fraction of sp³-hybridized carbons (Fsp3) is 0.308. The smallest absolute Gasteiger partial charge is 0.327 e. The Kier molecular flexibility index (Phi) is 3.13. The molecular weight excluding hydrogens is 280 g/mol. The molecule has 104 valence electrons. The SMILES string of the molecule is O=C1Cc2ccc(C(=O)N3CSCC3C(=O)O)cc2N1. The highest BCUT2D eigenvalue weighted by Gasteiger charge is 2.35. The predicted octanol–water partition coefficient (Wildman–Crippen LogP) is 0.781. The van der Waals surface area contributed by atoms with Crippen molar-refractivity contribution in [3.05, 3.63) is 29.3 Å². The molecule has 1 unspecified atom stereocenters. The maximum Gasteiger partial charge on any atom is 0.327 e. The van der Waals surface area contributed by atoms with E-state index in [2.05, 4.69) is 5.32 Å². The average Bonchev–Trinajstić information content (AvgIpc) is 3.01. The van der Waals surface area contributed by atoms with Gasteiger partial charge < -0.3 is 15.3 Å². The van der Waals surface area contributed by atoms with Crippen LogP contribution in [0.4, 0.5) is 5.69 Å². The Bertz CT molecular complexity index is 616. The van der Waals surface area contributed by atoms with Gasteiger partial charge in [-0.25, -0.2) is 4.79 Å². The van der Waals surface area contributed by atoms with Crippen molar-refractivity contribution >= 4 is 35.2 Å². The van der Waals surface area contributed by atoms with Crippen molar-refractivity contribution in [2.75, 3.05) is 16.9 Å². The standard InChI is InChI=1S/C13H12N2O4S/c16-11-4-7-1-2-8(3-9(7)14-11)12(17)15-6-20-5-10(15)13(18)19/h1-3,10H,4-6H2,(H,14,16)(H,18,19). The minimum Gasteiger partial charge on any atom is -0.480 e. The maximum atomic E-state index is 12.4. The van der Waals surface area contributed by atoms with Crippen LogP contribution in [0.1, 0.15) is 15.9 Å². The largest absolute Gasteiger partial charge is 0.480 e. The van der Waals surface area contributed by atoms with Crippen LogP contribution < -0.4 is 5.32 Å². The number of aliphatic carboxylic acids is 1. The lowest BCUT2D eigenvalue weighted by atomic mass is 10.1. The molecule has 2 N–H and O–H groups in total. The van der Waals surface area contributed by atoms with E-state index in [1.54, 1.807) is 18.2 Å². The summed E-state index contributed by atoms with van der Waals surface area (Å²) in [4.78, 5) is 36.1. The number of anilines is 1. The summed E-state index contributed by atoms with van der Waals surface area (Å²) in [5.41, 5.74) is 1.90. The van der Waals surface area contributed by atoms with E-state index in [1.807, 2.05) is 0 Å². The molecule has 0 aliphatic carbocycles. The number of thioether (sulfide) groups is 1. The third-order valence-electron chi connectivity index (χ3n) is 3.41. The van der Waals surface area contributed by atoms with E-state index in [1.165, 1.54) is 16.7 Å². The first-order valence-electron chi connectivity index (χ1n) is 6.10. The van der Waals surface area contributed by atoms with Crippen molar-refractivity contribution in [3.63, 3.8) is 0 Å². The van der Waals surface area contributed by atoms with Crippen LogP contribution in [0.5, 0.6) is 0 Å². The van der Waals surface area contributed by atoms with Crippen LogP contribution >= 0.6 is 11.8 Å². The molecule has 1 atom stereocenters. The van der Waals surface area contributed by atoms with Gasteiger partial charge >= 0.3 is 5.97 Å². The van der Waals surface area contributed by atoms with Gasteiger partial charge in [0, 0.05) is 17.0 Å². The summed E-state index contributed by atoms with van der Waals surface area (Å²) in [7, 11) is 0. The number of carbonyl (C=O) groups is 3. The van der Waals surface area contributed by atoms with E-state index in [0.717, 1.165) is 5.56 Å². The molecule has 1 aromatic rings. The summed E-state index contributed by atoms with van der Waals surface area (Å²) in [5, 5.41) is 11.8. The summed E-state index contributed by atoms with van der Waals surface area (Å²) < 4.78 is 0. The minimum atomic E-state index is -0.988. The zero-order chi connectivity index (χ0) is 14.3. The van der Waals surface area contributed by atoms with Crippen molar-refractivity contribution in [3.8, 4) is 0 Å². The Labute approximate surface area is 119 Å². The van der Waals surface area contributed by atoms with Gasteiger partial charge in [-0.15, -0.1) is 11.8 Å². The molecule has 0 bridgehead atoms. The molecule has 1 aromatic carbocycles. The maximum absolute atomic E-state index is 12.4. The molecule has 20 heavy (non-hydrogen) atoms. The Hall–Kier alpha value is -2.02. The summed E-state index contributed by atoms with van der Waals surface area (Å²) in [6.07, 6.45) is 0.321. The van der Waals surface area contributed by atoms with E-state index in [-0.39, 0.29) is 11.8 Å². The molecule has 0 aromatic heterocycles. The highest BCUT2D eigenvalue weighted by Crippen LogP contribution is 2.27. The van der Waals surface area contributed by atoms with Gasteiger partial charge in [-0.3, -0.25) is 9.59 Å². The number of nitrogens with zero attached hydrogens (tertiary/aromatic N) is 1. The number of hydrogen-bond acceptors (Lipinski definition) is 4. The number of benzene rings is 1. The highest BCUT2D eigenvalue weighted by atomic mass is 32.2. The normalized spacial score (nSPS) is 20.7. The zero-order valence-electron chi connectivity index (χ0n) is 10.5. The van der Waals surface area contributed by atoms with Crippen molar-refractivity contribution in [1.29, 1.82) is 0 Å². The third-order valence-corrected chi connectivity index (χ3v) is 4.42. The second-order valence-corrected chi connectivity index (χ2v) is 5.73. The predicted molar refractivity (Wildman–Crippen MR) is 73.7 cm³/mol. The average molecular weight is 292 g/mol. The van der Waals surface area contributed by atoms with E-state index in [0.29, 0.717) is 29.3 Å². The second-order valence-electron chi connectivity index (χ2n) is 4.73. The first kappa shape index (κ1) is 13.0. The number of carbonyl (C=O) groups excluding carboxylic acids is 2. The molecule has 2 aliphatic heterocycles. The van der Waals surface area contributed by atoms with E-state index < -0.39 is 12.0 Å². The van der Waals surface area contributed by atoms with Gasteiger partial charge in [0.05, 0.1) is 12.3 Å². The van der Waals surface area contributed by atoms with Gasteiger partial charge in [0.25, 0.3) is 5.91 Å². The van der Waals surface area contributed by atoms with Crippen LogP contribution in [0.2, 0.25) is 0 Å². The van der Waals surface area contributed by atoms with Crippen LogP contribution in [0.3, 0.4) is 0 Å². The molecule has 2 aliphatic rings. The van der Waals surface area contributed by atoms with Gasteiger partial charge in [-0.2, -0.15) is 0 Å². The summed E-state index contributed by atoms with van der Waals surface area (Å²) in [6.45, 7) is 0. The van der Waals surface area contributed by atoms with Crippen LogP contribution in [0.15, 0.2) is 18.2 Å². The number of carboxylic acids is 1. The molecule has 0 radical (unpaired) electrons. The van der Waals surface area contributed by atoms with Gasteiger partial charge in [-0.1, -0.05) is 6.07 Å². The van der Waals surface area contributed by atoms with Crippen LogP contribution in [0.25, 0.3) is 0 Å². The topological polar surface area (TPSA) is 86.7 Å². The summed E-state index contributed by atoms with van der Waals surface area (Å²) in [5.74, 6) is -0.615. The number of hydrogen-bond donors (Lipinski definition) is 2. The molecule has 1 fully saturated rings. The Morgan fingerprint density at radius 2 is 2.20 bits per heavy atom. The summed E-state index contributed by atoms with van der Waals surface area (Å²) in [6, 6.07) is 4.21. The molecule has 2 heterocycles. The Balaban J connectivity index is 1.86. The molecule has 0 spiro atoms. The quantitative estimate of drug-likeness (QED) is 0.841. The van der Waals surface area contributed by atoms with E-state index in [9.17, 15) is 14.4 Å². The first-order valence-corrected chi connectivity index (χ1v) is 7.26. The summed E-state index contributed by atoms with van der Waals surface area (Å²) >= 11 is 1.42. The highest BCUT2D eigenvalue weighted by molar-refractivity contribution is 7.99. The monoisotopic (exact) mass is 292 g/mol. The zero-order valence-corrected chi connectivity index (χ0v) is 11.3. The molecule has 6 nitrogen and oxygen atoms in total. The first-order chi connectivity index (χ1) is 9.56. The molecular formula is C13H12N2O4S. The van der Waals surface area contributed by atoms with Crippen molar-refractivity contribution in [2.45, 2.75) is 12.5 Å². The lowest BCUT2D eigenvalue weighted by Crippen LogP contribution is -2.41. The fourth-order valence-electron chi connectivity index (χ4n) is 2.36. The van der Waals surface area contributed by atoms with Crippen LogP contribution in [-0.4, -0.2) is 45.5 Å². The van der Waals surface area contributed by atoms with Gasteiger partial charge in [-0.05, 0) is 17.7 Å².